The number of amides is 1. The molecule has 5 aromatic rings. The predicted molar refractivity (Wildman–Crippen MR) is 125 cm³/mol. The van der Waals surface area contributed by atoms with Crippen molar-refractivity contribution in [3.8, 4) is 10.6 Å². The molecule has 10 heteroatoms. The number of imidazole rings is 1. The van der Waals surface area contributed by atoms with Crippen molar-refractivity contribution in [2.45, 2.75) is 19.9 Å². The minimum atomic E-state index is -0.355. The number of benzene rings is 1. The topological polar surface area (TPSA) is 100 Å². The van der Waals surface area contributed by atoms with Gasteiger partial charge in [-0.3, -0.25) is 14.3 Å². The summed E-state index contributed by atoms with van der Waals surface area (Å²) in [6.07, 6.45) is 4.95. The van der Waals surface area contributed by atoms with E-state index in [1.165, 1.54) is 23.3 Å². The molecule has 0 aliphatic carbocycles. The highest BCUT2D eigenvalue weighted by molar-refractivity contribution is 7.15. The SMILES string of the molecule is Cc1ccc(-c2cnc3c(Nc4ccc(F)cc4)cc(C(=O)N[C@@H](C)c4ncn[nH]4)cn23)s1. The van der Waals surface area contributed by atoms with Gasteiger partial charge in [-0.05, 0) is 56.3 Å². The first-order chi connectivity index (χ1) is 16.0. The van der Waals surface area contributed by atoms with Gasteiger partial charge in [-0.25, -0.2) is 14.4 Å². The number of pyridine rings is 1. The van der Waals surface area contributed by atoms with Gasteiger partial charge in [0.15, 0.2) is 5.65 Å². The maximum Gasteiger partial charge on any atom is 0.253 e. The Hall–Kier alpha value is -4.05. The quantitative estimate of drug-likeness (QED) is 0.335. The molecule has 0 spiro atoms. The first kappa shape index (κ1) is 20.8. The first-order valence-corrected chi connectivity index (χ1v) is 11.1. The van der Waals surface area contributed by atoms with Crippen LogP contribution < -0.4 is 10.6 Å². The number of nitrogens with zero attached hydrogens (tertiary/aromatic N) is 4. The molecular formula is C23H20FN7OS. The minimum absolute atomic E-state index is 0.273. The van der Waals surface area contributed by atoms with E-state index in [-0.39, 0.29) is 17.8 Å². The molecule has 3 N–H and O–H groups in total. The summed E-state index contributed by atoms with van der Waals surface area (Å²) in [5.41, 5.74) is 3.28. The van der Waals surface area contributed by atoms with Gasteiger partial charge in [-0.2, -0.15) is 5.10 Å². The number of carbonyl (C=O) groups is 1. The third kappa shape index (κ3) is 4.20. The summed E-state index contributed by atoms with van der Waals surface area (Å²) in [6.45, 7) is 3.87. The van der Waals surface area contributed by atoms with Crippen LogP contribution in [0, 0.1) is 12.7 Å². The Labute approximate surface area is 192 Å². The van der Waals surface area contributed by atoms with Crippen LogP contribution in [-0.4, -0.2) is 30.5 Å². The summed E-state index contributed by atoms with van der Waals surface area (Å²) < 4.78 is 15.3. The predicted octanol–water partition coefficient (Wildman–Crippen LogP) is 4.86. The van der Waals surface area contributed by atoms with Gasteiger partial charge in [0.25, 0.3) is 5.91 Å². The molecule has 0 radical (unpaired) electrons. The number of aromatic amines is 1. The van der Waals surface area contributed by atoms with Crippen molar-refractivity contribution < 1.29 is 9.18 Å². The van der Waals surface area contributed by atoms with Crippen LogP contribution in [0.1, 0.15) is 34.0 Å². The number of halogens is 1. The van der Waals surface area contributed by atoms with Gasteiger partial charge in [0.05, 0.1) is 34.1 Å². The summed E-state index contributed by atoms with van der Waals surface area (Å²) in [6, 6.07) is 11.5. The standard InChI is InChI=1S/C23H20FN7OS/c1-13-3-8-20(33-13)19-10-25-22-18(29-17-6-4-16(24)5-7-17)9-15(11-31(19)22)23(32)28-14(2)21-26-12-27-30-21/h3-12,14,29H,1-2H3,(H,28,32)(H,26,27,30)/t14-/m0/s1. The molecule has 0 saturated heterocycles. The molecule has 1 aromatic carbocycles. The van der Waals surface area contributed by atoms with E-state index in [4.69, 9.17) is 0 Å². The van der Waals surface area contributed by atoms with Crippen LogP contribution >= 0.6 is 11.3 Å². The van der Waals surface area contributed by atoms with E-state index in [1.807, 2.05) is 30.4 Å². The lowest BCUT2D eigenvalue weighted by atomic mass is 10.2. The van der Waals surface area contributed by atoms with Crippen LogP contribution in [0.3, 0.4) is 0 Å². The summed E-state index contributed by atoms with van der Waals surface area (Å²) in [7, 11) is 0. The zero-order valence-electron chi connectivity index (χ0n) is 17.8. The third-order valence-electron chi connectivity index (χ3n) is 5.18. The second kappa shape index (κ2) is 8.47. The van der Waals surface area contributed by atoms with Gasteiger partial charge in [0.1, 0.15) is 18.0 Å². The van der Waals surface area contributed by atoms with Crippen molar-refractivity contribution in [1.29, 1.82) is 0 Å². The minimum Gasteiger partial charge on any atom is -0.352 e. The van der Waals surface area contributed by atoms with Gasteiger partial charge in [-0.1, -0.05) is 0 Å². The zero-order valence-corrected chi connectivity index (χ0v) is 18.7. The maximum atomic E-state index is 13.4. The van der Waals surface area contributed by atoms with Crippen LogP contribution in [0.5, 0.6) is 0 Å². The number of aryl methyl sites for hydroxylation is 1. The van der Waals surface area contributed by atoms with Crippen molar-refractivity contribution in [1.82, 2.24) is 29.9 Å². The molecular weight excluding hydrogens is 441 g/mol. The second-order valence-electron chi connectivity index (χ2n) is 7.59. The Kier molecular flexibility index (Phi) is 5.35. The average molecular weight is 462 g/mol. The van der Waals surface area contributed by atoms with E-state index in [9.17, 15) is 9.18 Å². The van der Waals surface area contributed by atoms with Crippen molar-refractivity contribution in [2.24, 2.45) is 0 Å². The molecule has 0 aliphatic rings. The molecule has 0 saturated carbocycles. The Morgan fingerprint density at radius 3 is 2.70 bits per heavy atom. The van der Waals surface area contributed by atoms with Gasteiger partial charge in [-0.15, -0.1) is 11.3 Å². The van der Waals surface area contributed by atoms with Gasteiger partial charge >= 0.3 is 0 Å². The molecule has 5 rings (SSSR count). The molecule has 33 heavy (non-hydrogen) atoms. The maximum absolute atomic E-state index is 13.4. The second-order valence-corrected chi connectivity index (χ2v) is 8.88. The molecule has 0 aliphatic heterocycles. The summed E-state index contributed by atoms with van der Waals surface area (Å²) >= 11 is 1.65. The normalized spacial score (nSPS) is 12.1. The van der Waals surface area contributed by atoms with Crippen LogP contribution in [0.25, 0.3) is 16.2 Å². The first-order valence-electron chi connectivity index (χ1n) is 10.2. The monoisotopic (exact) mass is 461 g/mol. The highest BCUT2D eigenvalue weighted by Gasteiger charge is 2.18. The summed E-state index contributed by atoms with van der Waals surface area (Å²) in [5, 5.41) is 12.8. The number of H-pyrrole nitrogens is 1. The highest BCUT2D eigenvalue weighted by atomic mass is 32.1. The van der Waals surface area contributed by atoms with E-state index in [1.54, 1.807) is 41.9 Å². The Morgan fingerprint density at radius 2 is 2.00 bits per heavy atom. The largest absolute Gasteiger partial charge is 0.352 e. The van der Waals surface area contributed by atoms with Gasteiger partial charge in [0.2, 0.25) is 0 Å². The highest BCUT2D eigenvalue weighted by Crippen LogP contribution is 2.32. The Bertz CT molecular complexity index is 1420. The van der Waals surface area contributed by atoms with E-state index >= 15 is 0 Å². The number of nitrogens with one attached hydrogen (secondary N) is 3. The van der Waals surface area contributed by atoms with E-state index < -0.39 is 0 Å². The number of fused-ring (bicyclic) bond motifs is 1. The zero-order chi connectivity index (χ0) is 22.9. The summed E-state index contributed by atoms with van der Waals surface area (Å²) in [5.74, 6) is -0.0344. The third-order valence-corrected chi connectivity index (χ3v) is 6.20. The molecule has 0 unspecified atom stereocenters. The van der Waals surface area contributed by atoms with Crippen molar-refractivity contribution in [3.05, 3.63) is 83.3 Å². The fourth-order valence-corrected chi connectivity index (χ4v) is 4.39. The molecule has 8 nitrogen and oxygen atoms in total. The summed E-state index contributed by atoms with van der Waals surface area (Å²) in [4.78, 5) is 24.1. The Balaban J connectivity index is 1.57. The molecule has 4 heterocycles. The molecule has 0 fully saturated rings. The number of thiophene rings is 1. The Morgan fingerprint density at radius 1 is 1.18 bits per heavy atom. The van der Waals surface area contributed by atoms with Crippen LogP contribution in [0.2, 0.25) is 0 Å². The fourth-order valence-electron chi connectivity index (χ4n) is 3.52. The van der Waals surface area contributed by atoms with Crippen LogP contribution in [-0.2, 0) is 0 Å². The van der Waals surface area contributed by atoms with Crippen molar-refractivity contribution in [3.63, 3.8) is 0 Å². The molecule has 0 bridgehead atoms. The van der Waals surface area contributed by atoms with E-state index in [0.29, 0.717) is 28.4 Å². The van der Waals surface area contributed by atoms with Crippen molar-refractivity contribution >= 4 is 34.3 Å². The molecule has 4 aromatic heterocycles. The molecule has 1 amide bonds. The number of aromatic nitrogens is 5. The smallest absolute Gasteiger partial charge is 0.253 e. The number of anilines is 2. The van der Waals surface area contributed by atoms with Crippen LogP contribution in [0.4, 0.5) is 15.8 Å². The lowest BCUT2D eigenvalue weighted by Gasteiger charge is -2.14. The molecule has 166 valence electrons. The van der Waals surface area contributed by atoms with E-state index in [0.717, 1.165) is 10.6 Å². The van der Waals surface area contributed by atoms with Gasteiger partial charge in [0, 0.05) is 16.8 Å². The van der Waals surface area contributed by atoms with Gasteiger partial charge < -0.3 is 10.6 Å². The van der Waals surface area contributed by atoms with Crippen molar-refractivity contribution in [2.75, 3.05) is 5.32 Å². The fraction of sp³-hybridized carbons (Fsp3) is 0.130. The lowest BCUT2D eigenvalue weighted by molar-refractivity contribution is 0.0938. The number of carbonyl (C=O) groups excluding carboxylic acids is 1. The lowest BCUT2D eigenvalue weighted by Crippen LogP contribution is -2.27. The van der Waals surface area contributed by atoms with E-state index in [2.05, 4.69) is 30.8 Å². The van der Waals surface area contributed by atoms with Crippen LogP contribution in [0.15, 0.2) is 61.2 Å². The molecule has 1 atom stereocenters. The number of hydrogen-bond donors (Lipinski definition) is 3. The average Bonchev–Trinajstić information content (AvgIpc) is 3.55. The number of hydrogen-bond acceptors (Lipinski definition) is 6. The number of rotatable bonds is 6.